The number of hydrogen-bond acceptors (Lipinski definition) is 2. The summed E-state index contributed by atoms with van der Waals surface area (Å²) in [4.78, 5) is 15.5. The summed E-state index contributed by atoms with van der Waals surface area (Å²) in [5.41, 5.74) is 1.25. The normalized spacial score (nSPS) is 17.2. The molecule has 0 spiro atoms. The van der Waals surface area contributed by atoms with Gasteiger partial charge < -0.3 is 9.88 Å². The molecular weight excluding hydrogens is 238 g/mol. The van der Waals surface area contributed by atoms with Gasteiger partial charge in [-0.25, -0.2) is 4.98 Å². The molecule has 1 aromatic heterocycles. The highest BCUT2D eigenvalue weighted by Crippen LogP contribution is 2.29. The zero-order valence-electron chi connectivity index (χ0n) is 12.1. The van der Waals surface area contributed by atoms with Gasteiger partial charge in [-0.05, 0) is 19.8 Å². The summed E-state index contributed by atoms with van der Waals surface area (Å²) < 4.78 is 2.41. The van der Waals surface area contributed by atoms with Gasteiger partial charge in [0.25, 0.3) is 0 Å². The van der Waals surface area contributed by atoms with Crippen LogP contribution >= 0.6 is 0 Å². The largest absolute Gasteiger partial charge is 0.356 e. The topological polar surface area (TPSA) is 46.9 Å². The van der Waals surface area contributed by atoms with E-state index < -0.39 is 0 Å². The van der Waals surface area contributed by atoms with Gasteiger partial charge in [0.2, 0.25) is 5.91 Å². The van der Waals surface area contributed by atoms with Crippen molar-refractivity contribution in [1.82, 2.24) is 14.9 Å². The molecule has 1 fully saturated rings. The Morgan fingerprint density at radius 3 is 2.68 bits per heavy atom. The highest BCUT2D eigenvalue weighted by Gasteiger charge is 2.18. The Bertz CT molecular complexity index is 417. The van der Waals surface area contributed by atoms with E-state index in [1.165, 1.54) is 44.2 Å². The number of carbonyl (C=O) groups is 1. The van der Waals surface area contributed by atoms with Crippen LogP contribution in [0.15, 0.2) is 6.20 Å². The molecule has 1 heterocycles. The standard InChI is InChI=1S/C15H25N3O/c1-12-11-17-15(9-10-16-13(2)19)18(12)14-7-5-3-4-6-8-14/h11,14H,3-10H2,1-2H3,(H,16,19). The third-order valence-corrected chi connectivity index (χ3v) is 3.97. The van der Waals surface area contributed by atoms with E-state index in [1.54, 1.807) is 6.92 Å². The lowest BCUT2D eigenvalue weighted by atomic mass is 10.1. The third kappa shape index (κ3) is 3.82. The minimum Gasteiger partial charge on any atom is -0.356 e. The van der Waals surface area contributed by atoms with Gasteiger partial charge in [0, 0.05) is 37.8 Å². The fraction of sp³-hybridized carbons (Fsp3) is 0.733. The first-order valence-electron chi connectivity index (χ1n) is 7.45. The lowest BCUT2D eigenvalue weighted by Gasteiger charge is -2.21. The van der Waals surface area contributed by atoms with Crippen molar-refractivity contribution >= 4 is 5.91 Å². The van der Waals surface area contributed by atoms with E-state index in [0.717, 1.165) is 12.2 Å². The molecule has 0 aromatic carbocycles. The molecule has 1 N–H and O–H groups in total. The minimum absolute atomic E-state index is 0.0318. The number of aromatic nitrogens is 2. The Balaban J connectivity index is 2.05. The first-order valence-corrected chi connectivity index (χ1v) is 7.45. The number of nitrogens with one attached hydrogen (secondary N) is 1. The monoisotopic (exact) mass is 263 g/mol. The zero-order valence-corrected chi connectivity index (χ0v) is 12.1. The molecule has 1 saturated carbocycles. The summed E-state index contributed by atoms with van der Waals surface area (Å²) >= 11 is 0. The maximum absolute atomic E-state index is 10.9. The second-order valence-corrected chi connectivity index (χ2v) is 5.56. The summed E-state index contributed by atoms with van der Waals surface area (Å²) in [6, 6.07) is 0.609. The molecule has 0 unspecified atom stereocenters. The fourth-order valence-corrected chi connectivity index (χ4v) is 3.05. The fourth-order valence-electron chi connectivity index (χ4n) is 3.05. The SMILES string of the molecule is CC(=O)NCCc1ncc(C)n1C1CCCCCC1. The molecule has 0 bridgehead atoms. The summed E-state index contributed by atoms with van der Waals surface area (Å²) in [5, 5.41) is 2.85. The lowest BCUT2D eigenvalue weighted by molar-refractivity contribution is -0.118. The van der Waals surface area contributed by atoms with Crippen LogP contribution < -0.4 is 5.32 Å². The van der Waals surface area contributed by atoms with Crippen LogP contribution in [0.3, 0.4) is 0 Å². The molecule has 1 aliphatic carbocycles. The van der Waals surface area contributed by atoms with Gasteiger partial charge in [-0.2, -0.15) is 0 Å². The van der Waals surface area contributed by atoms with Gasteiger partial charge in [0.1, 0.15) is 5.82 Å². The molecule has 4 heteroatoms. The molecule has 1 amide bonds. The van der Waals surface area contributed by atoms with Gasteiger partial charge in [-0.1, -0.05) is 25.7 Å². The van der Waals surface area contributed by atoms with E-state index in [0.29, 0.717) is 12.6 Å². The van der Waals surface area contributed by atoms with Crippen LogP contribution in [0.4, 0.5) is 0 Å². The van der Waals surface area contributed by atoms with Crippen molar-refractivity contribution in [3.8, 4) is 0 Å². The van der Waals surface area contributed by atoms with E-state index in [-0.39, 0.29) is 5.91 Å². The maximum atomic E-state index is 10.9. The van der Waals surface area contributed by atoms with Crippen LogP contribution in [0.5, 0.6) is 0 Å². The Labute approximate surface area is 115 Å². The van der Waals surface area contributed by atoms with Crippen molar-refractivity contribution in [2.24, 2.45) is 0 Å². The maximum Gasteiger partial charge on any atom is 0.216 e. The Morgan fingerprint density at radius 2 is 2.05 bits per heavy atom. The summed E-state index contributed by atoms with van der Waals surface area (Å²) in [5.74, 6) is 1.16. The van der Waals surface area contributed by atoms with Crippen LogP contribution in [0, 0.1) is 6.92 Å². The smallest absolute Gasteiger partial charge is 0.216 e. The third-order valence-electron chi connectivity index (χ3n) is 3.97. The van der Waals surface area contributed by atoms with E-state index in [2.05, 4.69) is 21.8 Å². The van der Waals surface area contributed by atoms with Crippen molar-refractivity contribution in [2.75, 3.05) is 6.54 Å². The number of rotatable bonds is 4. The van der Waals surface area contributed by atoms with Gasteiger partial charge >= 0.3 is 0 Å². The minimum atomic E-state index is 0.0318. The molecular formula is C15H25N3O. The Hall–Kier alpha value is -1.32. The highest BCUT2D eigenvalue weighted by molar-refractivity contribution is 5.72. The summed E-state index contributed by atoms with van der Waals surface area (Å²) in [7, 11) is 0. The van der Waals surface area contributed by atoms with Crippen molar-refractivity contribution in [3.63, 3.8) is 0 Å². The second-order valence-electron chi connectivity index (χ2n) is 5.56. The molecule has 1 aromatic rings. The average Bonchev–Trinajstić information content (AvgIpc) is 2.60. The first-order chi connectivity index (χ1) is 9.18. The number of nitrogens with zero attached hydrogens (tertiary/aromatic N) is 2. The molecule has 106 valence electrons. The van der Waals surface area contributed by atoms with E-state index in [1.807, 2.05) is 6.20 Å². The van der Waals surface area contributed by atoms with E-state index in [4.69, 9.17) is 0 Å². The Morgan fingerprint density at radius 1 is 1.37 bits per heavy atom. The lowest BCUT2D eigenvalue weighted by Crippen LogP contribution is -2.24. The zero-order chi connectivity index (χ0) is 13.7. The van der Waals surface area contributed by atoms with Gasteiger partial charge in [-0.15, -0.1) is 0 Å². The molecule has 0 atom stereocenters. The molecule has 0 saturated heterocycles. The van der Waals surface area contributed by atoms with Crippen molar-refractivity contribution < 1.29 is 4.79 Å². The average molecular weight is 263 g/mol. The van der Waals surface area contributed by atoms with Gasteiger partial charge in [0.15, 0.2) is 0 Å². The predicted molar refractivity (Wildman–Crippen MR) is 76.1 cm³/mol. The highest BCUT2D eigenvalue weighted by atomic mass is 16.1. The predicted octanol–water partition coefficient (Wildman–Crippen LogP) is 2.77. The van der Waals surface area contributed by atoms with Gasteiger partial charge in [-0.3, -0.25) is 4.79 Å². The van der Waals surface area contributed by atoms with Crippen LogP contribution in [0.1, 0.15) is 63.0 Å². The van der Waals surface area contributed by atoms with Crippen LogP contribution in [-0.2, 0) is 11.2 Å². The van der Waals surface area contributed by atoms with Crippen LogP contribution in [0.2, 0.25) is 0 Å². The van der Waals surface area contributed by atoms with Gasteiger partial charge in [0.05, 0.1) is 0 Å². The number of carbonyl (C=O) groups excluding carboxylic acids is 1. The van der Waals surface area contributed by atoms with Crippen LogP contribution in [-0.4, -0.2) is 22.0 Å². The number of aryl methyl sites for hydroxylation is 1. The van der Waals surface area contributed by atoms with Crippen molar-refractivity contribution in [1.29, 1.82) is 0 Å². The van der Waals surface area contributed by atoms with Crippen molar-refractivity contribution in [2.45, 2.75) is 64.8 Å². The number of amides is 1. The summed E-state index contributed by atoms with van der Waals surface area (Å²) in [6.07, 6.45) is 10.7. The molecule has 2 rings (SSSR count). The molecule has 4 nitrogen and oxygen atoms in total. The molecule has 0 aliphatic heterocycles. The van der Waals surface area contributed by atoms with E-state index >= 15 is 0 Å². The molecule has 19 heavy (non-hydrogen) atoms. The summed E-state index contributed by atoms with van der Waals surface area (Å²) in [6.45, 7) is 4.38. The quantitative estimate of drug-likeness (QED) is 0.849. The second kappa shape index (κ2) is 6.73. The number of imidazole rings is 1. The van der Waals surface area contributed by atoms with E-state index in [9.17, 15) is 4.79 Å². The Kier molecular flexibility index (Phi) is 5.00. The molecule has 1 aliphatic rings. The number of hydrogen-bond donors (Lipinski definition) is 1. The van der Waals surface area contributed by atoms with Crippen LogP contribution in [0.25, 0.3) is 0 Å². The van der Waals surface area contributed by atoms with Crippen molar-refractivity contribution in [3.05, 3.63) is 17.7 Å². The molecule has 0 radical (unpaired) electrons. The first kappa shape index (κ1) is 14.1.